The summed E-state index contributed by atoms with van der Waals surface area (Å²) < 4.78 is 5.32. The molecule has 30 heavy (non-hydrogen) atoms. The summed E-state index contributed by atoms with van der Waals surface area (Å²) in [5, 5.41) is 18.1. The first kappa shape index (κ1) is 20.7. The van der Waals surface area contributed by atoms with Gasteiger partial charge in [0.05, 0.1) is 13.2 Å². The van der Waals surface area contributed by atoms with Gasteiger partial charge in [0, 0.05) is 44.2 Å². The molecule has 2 aromatic rings. The second-order valence-corrected chi connectivity index (χ2v) is 8.49. The van der Waals surface area contributed by atoms with E-state index in [0.29, 0.717) is 24.0 Å². The van der Waals surface area contributed by atoms with Gasteiger partial charge in [-0.05, 0) is 30.5 Å². The Morgan fingerprint density at radius 1 is 1.17 bits per heavy atom. The number of ether oxygens (including phenoxy) is 1. The lowest BCUT2D eigenvalue weighted by atomic mass is 10.2. The van der Waals surface area contributed by atoms with Crippen molar-refractivity contribution in [2.45, 2.75) is 31.7 Å². The van der Waals surface area contributed by atoms with E-state index in [1.54, 1.807) is 0 Å². The summed E-state index contributed by atoms with van der Waals surface area (Å²) in [7, 11) is 0. The first-order chi connectivity index (χ1) is 14.7. The van der Waals surface area contributed by atoms with E-state index >= 15 is 0 Å². The smallest absolute Gasteiger partial charge is 0.321 e. The highest BCUT2D eigenvalue weighted by atomic mass is 32.1. The number of benzene rings is 1. The summed E-state index contributed by atoms with van der Waals surface area (Å²) in [4.78, 5) is 26.6. The van der Waals surface area contributed by atoms with Crippen molar-refractivity contribution in [2.24, 2.45) is 0 Å². The van der Waals surface area contributed by atoms with E-state index < -0.39 is 0 Å². The number of rotatable bonds is 8. The van der Waals surface area contributed by atoms with Gasteiger partial charge < -0.3 is 15.4 Å². The van der Waals surface area contributed by atoms with Gasteiger partial charge >= 0.3 is 6.03 Å². The topological polar surface area (TPSA) is 108 Å². The van der Waals surface area contributed by atoms with Crippen molar-refractivity contribution in [3.63, 3.8) is 0 Å². The quantitative estimate of drug-likeness (QED) is 0.593. The zero-order valence-corrected chi connectivity index (χ0v) is 17.5. The van der Waals surface area contributed by atoms with Crippen molar-refractivity contribution in [2.75, 3.05) is 43.5 Å². The van der Waals surface area contributed by atoms with Crippen LogP contribution in [-0.2, 0) is 16.1 Å². The Kier molecular flexibility index (Phi) is 6.88. The fraction of sp³-hybridized carbons (Fsp3) is 0.500. The van der Waals surface area contributed by atoms with Crippen LogP contribution in [0.3, 0.4) is 0 Å². The Bertz CT molecular complexity index is 879. The number of carbonyl (C=O) groups is 2. The number of morpholine rings is 1. The fourth-order valence-electron chi connectivity index (χ4n) is 3.17. The third-order valence-corrected chi connectivity index (χ3v) is 6.01. The maximum atomic E-state index is 12.2. The number of hydrogen-bond acceptors (Lipinski definition) is 7. The molecule has 10 heteroatoms. The summed E-state index contributed by atoms with van der Waals surface area (Å²) in [6.45, 7) is 4.27. The number of nitrogens with one attached hydrogen (secondary N) is 3. The van der Waals surface area contributed by atoms with Crippen molar-refractivity contribution in [3.05, 3.63) is 34.8 Å². The lowest BCUT2D eigenvalue weighted by Gasteiger charge is -2.26. The molecule has 0 radical (unpaired) electrons. The van der Waals surface area contributed by atoms with E-state index in [0.717, 1.165) is 61.9 Å². The SMILES string of the molecule is O=C(CCN1CCOCC1)Nc1cccc(CNC(=O)Nc2nnc(C3CC3)s2)c1. The van der Waals surface area contributed by atoms with E-state index in [9.17, 15) is 9.59 Å². The van der Waals surface area contributed by atoms with Crippen LogP contribution in [0.2, 0.25) is 0 Å². The van der Waals surface area contributed by atoms with Gasteiger partial charge in [0.25, 0.3) is 0 Å². The van der Waals surface area contributed by atoms with Gasteiger partial charge in [0.2, 0.25) is 11.0 Å². The molecular formula is C20H26N6O3S. The van der Waals surface area contributed by atoms with Crippen LogP contribution >= 0.6 is 11.3 Å². The number of aromatic nitrogens is 2. The third kappa shape index (κ3) is 6.22. The number of anilines is 2. The Morgan fingerprint density at radius 3 is 2.80 bits per heavy atom. The maximum absolute atomic E-state index is 12.2. The predicted molar refractivity (Wildman–Crippen MR) is 115 cm³/mol. The molecule has 4 rings (SSSR count). The molecule has 2 fully saturated rings. The standard InChI is InChI=1S/C20H26N6O3S/c27-17(6-7-26-8-10-29-11-9-26)22-16-3-1-2-14(12-16)13-21-19(28)23-20-25-24-18(30-20)15-4-5-15/h1-3,12,15H,4-11,13H2,(H,22,27)(H2,21,23,25,28). The second-order valence-electron chi connectivity index (χ2n) is 7.48. The van der Waals surface area contributed by atoms with Crippen molar-refractivity contribution in [1.82, 2.24) is 20.4 Å². The summed E-state index contributed by atoms with van der Waals surface area (Å²) in [5.41, 5.74) is 1.62. The van der Waals surface area contributed by atoms with E-state index in [2.05, 4.69) is 31.0 Å². The lowest BCUT2D eigenvalue weighted by molar-refractivity contribution is -0.116. The van der Waals surface area contributed by atoms with Gasteiger partial charge in [-0.15, -0.1) is 10.2 Å². The molecule has 0 spiro atoms. The molecule has 1 saturated carbocycles. The number of amides is 3. The molecule has 9 nitrogen and oxygen atoms in total. The minimum atomic E-state index is -0.326. The highest BCUT2D eigenvalue weighted by molar-refractivity contribution is 7.15. The minimum Gasteiger partial charge on any atom is -0.379 e. The monoisotopic (exact) mass is 430 g/mol. The summed E-state index contributed by atoms with van der Waals surface area (Å²) >= 11 is 1.43. The first-order valence-corrected chi connectivity index (χ1v) is 11.0. The van der Waals surface area contributed by atoms with Crippen LogP contribution in [0, 0.1) is 0 Å². The number of urea groups is 1. The molecule has 1 aromatic carbocycles. The number of hydrogen-bond donors (Lipinski definition) is 3. The van der Waals surface area contributed by atoms with Gasteiger partial charge in [-0.1, -0.05) is 23.5 Å². The molecule has 0 atom stereocenters. The lowest BCUT2D eigenvalue weighted by Crippen LogP contribution is -2.38. The van der Waals surface area contributed by atoms with Crippen molar-refractivity contribution < 1.29 is 14.3 Å². The van der Waals surface area contributed by atoms with Crippen molar-refractivity contribution in [3.8, 4) is 0 Å². The number of carbonyl (C=O) groups excluding carboxylic acids is 2. The van der Waals surface area contributed by atoms with Crippen LogP contribution in [0.4, 0.5) is 15.6 Å². The van der Waals surface area contributed by atoms with Gasteiger partial charge in [-0.2, -0.15) is 0 Å². The highest BCUT2D eigenvalue weighted by Gasteiger charge is 2.27. The molecule has 3 N–H and O–H groups in total. The van der Waals surface area contributed by atoms with Crippen LogP contribution in [0.5, 0.6) is 0 Å². The minimum absolute atomic E-state index is 0.0212. The zero-order chi connectivity index (χ0) is 20.8. The summed E-state index contributed by atoms with van der Waals surface area (Å²) in [5.74, 6) is 0.500. The second kappa shape index (κ2) is 9.96. The van der Waals surface area contributed by atoms with Gasteiger partial charge in [0.15, 0.2) is 0 Å². The molecular weight excluding hydrogens is 404 g/mol. The van der Waals surface area contributed by atoms with Gasteiger partial charge in [-0.3, -0.25) is 15.0 Å². The van der Waals surface area contributed by atoms with Crippen LogP contribution in [-0.4, -0.2) is 59.9 Å². The average Bonchev–Trinajstić information content (AvgIpc) is 3.51. The highest BCUT2D eigenvalue weighted by Crippen LogP contribution is 2.41. The molecule has 3 amide bonds. The number of nitrogens with zero attached hydrogens (tertiary/aromatic N) is 3. The molecule has 1 aliphatic heterocycles. The predicted octanol–water partition coefficient (Wildman–Crippen LogP) is 2.40. The van der Waals surface area contributed by atoms with E-state index in [4.69, 9.17) is 4.74 Å². The fourth-order valence-corrected chi connectivity index (χ4v) is 4.08. The first-order valence-electron chi connectivity index (χ1n) is 10.2. The Morgan fingerprint density at radius 2 is 2.00 bits per heavy atom. The third-order valence-electron chi connectivity index (χ3n) is 5.01. The Labute approximate surface area is 179 Å². The Hall–Kier alpha value is -2.56. The molecule has 2 aliphatic rings. The Balaban J connectivity index is 1.20. The van der Waals surface area contributed by atoms with Crippen LogP contribution in [0.25, 0.3) is 0 Å². The van der Waals surface area contributed by atoms with Crippen LogP contribution < -0.4 is 16.0 Å². The normalized spacial score (nSPS) is 16.8. The molecule has 1 saturated heterocycles. The van der Waals surface area contributed by atoms with Gasteiger partial charge in [0.1, 0.15) is 5.01 Å². The van der Waals surface area contributed by atoms with E-state index in [1.807, 2.05) is 24.3 Å². The van der Waals surface area contributed by atoms with E-state index in [1.165, 1.54) is 11.3 Å². The van der Waals surface area contributed by atoms with Crippen LogP contribution in [0.15, 0.2) is 24.3 Å². The average molecular weight is 431 g/mol. The van der Waals surface area contributed by atoms with Crippen molar-refractivity contribution in [1.29, 1.82) is 0 Å². The van der Waals surface area contributed by atoms with Crippen molar-refractivity contribution >= 4 is 34.1 Å². The van der Waals surface area contributed by atoms with E-state index in [-0.39, 0.29) is 11.9 Å². The largest absolute Gasteiger partial charge is 0.379 e. The van der Waals surface area contributed by atoms with Gasteiger partial charge in [-0.25, -0.2) is 4.79 Å². The molecule has 160 valence electrons. The molecule has 1 aromatic heterocycles. The zero-order valence-electron chi connectivity index (χ0n) is 16.7. The molecule has 2 heterocycles. The molecule has 1 aliphatic carbocycles. The summed E-state index contributed by atoms with van der Waals surface area (Å²) in [6.07, 6.45) is 2.75. The molecule has 0 unspecified atom stereocenters. The molecule has 0 bridgehead atoms. The van der Waals surface area contributed by atoms with Crippen LogP contribution in [0.1, 0.15) is 35.8 Å². The summed E-state index contributed by atoms with van der Waals surface area (Å²) in [6, 6.07) is 7.15. The maximum Gasteiger partial charge on any atom is 0.321 e.